The van der Waals surface area contributed by atoms with E-state index in [9.17, 15) is 38.7 Å². The Morgan fingerprint density at radius 2 is 1.33 bits per heavy atom. The van der Waals surface area contributed by atoms with Gasteiger partial charge in [-0.25, -0.2) is 24.1 Å². The number of aliphatic hydroxyl groups is 2. The topological polar surface area (TPSA) is 324 Å². The molecule has 4 aromatic heterocycles. The first-order chi connectivity index (χ1) is 21.3. The predicted octanol–water partition coefficient (Wildman–Crippen LogP) is -2.63. The van der Waals surface area contributed by atoms with E-state index in [0.717, 1.165) is 28.1 Å². The Labute approximate surface area is 247 Å². The van der Waals surface area contributed by atoms with E-state index in [2.05, 4.69) is 29.9 Å². The van der Waals surface area contributed by atoms with E-state index in [-0.39, 0.29) is 28.3 Å². The van der Waals surface area contributed by atoms with Crippen LogP contribution in [0.5, 0.6) is 0 Å². The minimum absolute atomic E-state index is 0.0118. The minimum atomic E-state index is -5.08. The molecular weight excluding hydrogens is 652 g/mol. The lowest BCUT2D eigenvalue weighted by Gasteiger charge is -2.27. The van der Waals surface area contributed by atoms with Crippen LogP contribution >= 0.6 is 15.6 Å². The summed E-state index contributed by atoms with van der Waals surface area (Å²) in [5.41, 5.74) is 3.96. The summed E-state index contributed by atoms with van der Waals surface area (Å²) in [7, 11) is -10.1. The van der Waals surface area contributed by atoms with E-state index in [1.807, 2.05) is 0 Å². The molecule has 0 bridgehead atoms. The number of hydrogen-bond donors (Lipinski definition) is 7. The second-order valence-electron chi connectivity index (χ2n) is 10.1. The molecule has 0 amide bonds. The van der Waals surface area contributed by atoms with E-state index in [0.29, 0.717) is 0 Å². The number of nitrogen functional groups attached to an aromatic ring is 1. The Balaban J connectivity index is 1.17. The predicted molar refractivity (Wildman–Crippen MR) is 142 cm³/mol. The van der Waals surface area contributed by atoms with Crippen LogP contribution in [0.25, 0.3) is 22.3 Å². The first-order valence-corrected chi connectivity index (χ1v) is 15.9. The van der Waals surface area contributed by atoms with Crippen molar-refractivity contribution in [1.82, 2.24) is 39.0 Å². The van der Waals surface area contributed by atoms with Gasteiger partial charge < -0.3 is 40.2 Å². The number of imidazole rings is 2. The number of anilines is 1. The van der Waals surface area contributed by atoms with Crippen LogP contribution in [0.1, 0.15) is 12.5 Å². The van der Waals surface area contributed by atoms with Crippen molar-refractivity contribution < 1.29 is 56.7 Å². The number of nitrogens with zero attached hydrogens (tertiary/aromatic N) is 6. The number of H-pyrrole nitrogens is 2. The molecule has 0 radical (unpaired) electrons. The van der Waals surface area contributed by atoms with Gasteiger partial charge in [0.1, 0.15) is 36.6 Å². The summed E-state index contributed by atoms with van der Waals surface area (Å²) < 4.78 is 60.6. The molecule has 0 spiro atoms. The van der Waals surface area contributed by atoms with Gasteiger partial charge in [0.2, 0.25) is 5.95 Å². The Hall–Kier alpha value is -3.44. The molecule has 4 aromatic rings. The standard InChI is InChI=1S/C20H23N9O14P2/c21-20-26-15-9(17(33)27-20)25-5-29(15)19-11(31)13-7(41-19)2-39-44(34,35)42-12-6(1-38-45(36,37)43-13)40-18(10(12)30)28-4-24-8-14(28)22-3-23-16(8)32/h3-7,10-13,18-19,30-31H,1-2H2,(H,34,35)(H,36,37)(H,22,23,32)(H3,21,26,27,33)/t6-,7-,10?,11?,12?,13?,18-,19-/m1/s1. The molecule has 0 aliphatic carbocycles. The highest BCUT2D eigenvalue weighted by Gasteiger charge is 2.54. The zero-order valence-electron chi connectivity index (χ0n) is 22.3. The Morgan fingerprint density at radius 1 is 0.822 bits per heavy atom. The summed E-state index contributed by atoms with van der Waals surface area (Å²) in [4.78, 5) is 65.9. The second kappa shape index (κ2) is 10.8. The number of aromatic nitrogens is 8. The van der Waals surface area contributed by atoms with Gasteiger partial charge in [-0.3, -0.25) is 41.8 Å². The molecule has 6 unspecified atom stereocenters. The molecule has 0 saturated carbocycles. The SMILES string of the molecule is Nc1nc2c(ncn2[C@@H]2O[C@@H]3COP(=O)(O)OC4C(O)[C@H](n5cnc6c(=O)[nH]cnc65)O[C@@H]4COP(=O)(O)OC3C2O)c(=O)[nH]1. The van der Waals surface area contributed by atoms with E-state index in [4.69, 9.17) is 33.3 Å². The van der Waals surface area contributed by atoms with Crippen LogP contribution in [0.4, 0.5) is 5.95 Å². The number of nitrogens with one attached hydrogen (secondary N) is 2. The van der Waals surface area contributed by atoms with Crippen molar-refractivity contribution in [2.75, 3.05) is 18.9 Å². The highest BCUT2D eigenvalue weighted by Crippen LogP contribution is 2.53. The Bertz CT molecular complexity index is 2000. The molecule has 23 nitrogen and oxygen atoms in total. The van der Waals surface area contributed by atoms with E-state index < -0.39 is 89.1 Å². The molecular formula is C20H23N9O14P2. The number of phosphoric acid groups is 2. The number of aromatic amines is 2. The number of hydrogen-bond acceptors (Lipinski definition) is 17. The third-order valence-corrected chi connectivity index (χ3v) is 9.27. The largest absolute Gasteiger partial charge is 0.472 e. The summed E-state index contributed by atoms with van der Waals surface area (Å²) in [6.45, 7) is -1.70. The van der Waals surface area contributed by atoms with Gasteiger partial charge in [0.15, 0.2) is 34.8 Å². The molecule has 10 atom stereocenters. The molecule has 0 aromatic carbocycles. The van der Waals surface area contributed by atoms with Crippen molar-refractivity contribution in [3.8, 4) is 0 Å². The first-order valence-electron chi connectivity index (χ1n) is 12.9. The van der Waals surface area contributed by atoms with Gasteiger partial charge >= 0.3 is 15.6 Å². The van der Waals surface area contributed by atoms with Crippen LogP contribution in [0.2, 0.25) is 0 Å². The normalized spacial score (nSPS) is 37.7. The van der Waals surface area contributed by atoms with Crippen molar-refractivity contribution in [2.24, 2.45) is 0 Å². The highest BCUT2D eigenvalue weighted by molar-refractivity contribution is 7.47. The number of phosphoric ester groups is 2. The van der Waals surface area contributed by atoms with Gasteiger partial charge in [-0.2, -0.15) is 4.98 Å². The maximum absolute atomic E-state index is 13.1. The fourth-order valence-corrected chi connectivity index (χ4v) is 7.24. The lowest BCUT2D eigenvalue weighted by molar-refractivity contribution is -0.0664. The van der Waals surface area contributed by atoms with Gasteiger partial charge in [-0.05, 0) is 0 Å². The average Bonchev–Trinajstić information content (AvgIpc) is 3.72. The van der Waals surface area contributed by atoms with E-state index >= 15 is 0 Å². The molecule has 242 valence electrons. The molecule has 8 N–H and O–H groups in total. The number of fused-ring (bicyclic) bond motifs is 4. The summed E-state index contributed by atoms with van der Waals surface area (Å²) >= 11 is 0. The zero-order valence-corrected chi connectivity index (χ0v) is 24.1. The lowest BCUT2D eigenvalue weighted by atomic mass is 10.1. The molecule has 7 rings (SSSR count). The fourth-order valence-electron chi connectivity index (χ4n) is 5.31. The molecule has 3 aliphatic rings. The van der Waals surface area contributed by atoms with Crippen LogP contribution in [-0.4, -0.2) is 109 Å². The monoisotopic (exact) mass is 675 g/mol. The molecule has 3 saturated heterocycles. The summed E-state index contributed by atoms with van der Waals surface area (Å²) in [6.07, 6.45) is -9.53. The summed E-state index contributed by atoms with van der Waals surface area (Å²) in [5.74, 6) is -0.275. The Morgan fingerprint density at radius 3 is 1.89 bits per heavy atom. The van der Waals surface area contributed by atoms with E-state index in [1.54, 1.807) is 0 Å². The average molecular weight is 675 g/mol. The smallest absolute Gasteiger partial charge is 0.386 e. The van der Waals surface area contributed by atoms with Crippen LogP contribution in [0.15, 0.2) is 28.6 Å². The molecule has 3 aliphatic heterocycles. The van der Waals surface area contributed by atoms with Crippen LogP contribution in [-0.2, 0) is 36.7 Å². The van der Waals surface area contributed by atoms with Crippen LogP contribution < -0.4 is 16.9 Å². The fraction of sp³-hybridized carbons (Fsp3) is 0.500. The summed E-state index contributed by atoms with van der Waals surface area (Å²) in [5, 5.41) is 22.2. The van der Waals surface area contributed by atoms with Gasteiger partial charge in [0, 0.05) is 0 Å². The van der Waals surface area contributed by atoms with Gasteiger partial charge in [-0.1, -0.05) is 0 Å². The van der Waals surface area contributed by atoms with Gasteiger partial charge in [0.05, 0.1) is 32.2 Å². The van der Waals surface area contributed by atoms with Crippen molar-refractivity contribution in [3.05, 3.63) is 39.7 Å². The van der Waals surface area contributed by atoms with Crippen molar-refractivity contribution in [3.63, 3.8) is 0 Å². The maximum atomic E-state index is 13.1. The number of aliphatic hydroxyl groups excluding tert-OH is 2. The van der Waals surface area contributed by atoms with Gasteiger partial charge in [0.25, 0.3) is 11.1 Å². The lowest BCUT2D eigenvalue weighted by Crippen LogP contribution is -2.39. The number of ether oxygens (including phenoxy) is 2. The molecule has 45 heavy (non-hydrogen) atoms. The zero-order chi connectivity index (χ0) is 31.8. The molecule has 25 heteroatoms. The third kappa shape index (κ3) is 5.31. The maximum Gasteiger partial charge on any atom is 0.472 e. The molecule has 7 heterocycles. The van der Waals surface area contributed by atoms with Crippen molar-refractivity contribution in [2.45, 2.75) is 49.1 Å². The number of nitrogens with two attached hydrogens (primary N) is 1. The van der Waals surface area contributed by atoms with E-state index in [1.165, 1.54) is 0 Å². The first kappa shape index (κ1) is 30.2. The van der Waals surface area contributed by atoms with Crippen molar-refractivity contribution in [1.29, 1.82) is 0 Å². The van der Waals surface area contributed by atoms with Crippen LogP contribution in [0.3, 0.4) is 0 Å². The third-order valence-electron chi connectivity index (χ3n) is 7.30. The number of rotatable bonds is 2. The van der Waals surface area contributed by atoms with Gasteiger partial charge in [-0.15, -0.1) is 0 Å². The quantitative estimate of drug-likeness (QED) is 0.107. The second-order valence-corrected chi connectivity index (χ2v) is 12.9. The van der Waals surface area contributed by atoms with Crippen LogP contribution in [0, 0.1) is 0 Å². The van der Waals surface area contributed by atoms with Crippen molar-refractivity contribution >= 4 is 43.9 Å². The summed E-state index contributed by atoms with van der Waals surface area (Å²) in [6, 6.07) is 0. The highest BCUT2D eigenvalue weighted by atomic mass is 31.2. The minimum Gasteiger partial charge on any atom is -0.386 e. The molecule has 3 fully saturated rings. The Kier molecular flexibility index (Phi) is 7.27.